The Labute approximate surface area is 138 Å². The number of aryl methyl sites for hydroxylation is 2. The molecule has 0 fully saturated rings. The van der Waals surface area contributed by atoms with Gasteiger partial charge in [-0.1, -0.05) is 13.0 Å². The molecule has 1 atom stereocenters. The SMILES string of the molecule is CCCN(CCO)CC(O)c1ccc(-n2c(C)ccc2C)nc1. The molecular formula is C18H27N3O2. The van der Waals surface area contributed by atoms with Crippen molar-refractivity contribution in [3.05, 3.63) is 47.4 Å². The number of rotatable bonds is 8. The van der Waals surface area contributed by atoms with Crippen molar-refractivity contribution in [2.24, 2.45) is 0 Å². The zero-order valence-electron chi connectivity index (χ0n) is 14.2. The zero-order chi connectivity index (χ0) is 16.8. The Morgan fingerprint density at radius 3 is 2.35 bits per heavy atom. The second-order valence-electron chi connectivity index (χ2n) is 5.94. The summed E-state index contributed by atoms with van der Waals surface area (Å²) in [5.74, 6) is 0.863. The highest BCUT2D eigenvalue weighted by atomic mass is 16.3. The first kappa shape index (κ1) is 17.7. The van der Waals surface area contributed by atoms with Gasteiger partial charge in [0.15, 0.2) is 0 Å². The van der Waals surface area contributed by atoms with Gasteiger partial charge in [0.1, 0.15) is 5.82 Å². The average Bonchev–Trinajstić information content (AvgIpc) is 2.87. The lowest BCUT2D eigenvalue weighted by Crippen LogP contribution is -2.32. The Morgan fingerprint density at radius 2 is 1.83 bits per heavy atom. The fourth-order valence-corrected chi connectivity index (χ4v) is 2.86. The summed E-state index contributed by atoms with van der Waals surface area (Å²) in [6, 6.07) is 8.00. The molecule has 126 valence electrons. The van der Waals surface area contributed by atoms with Crippen LogP contribution in [0.3, 0.4) is 0 Å². The molecule has 2 rings (SSSR count). The van der Waals surface area contributed by atoms with Gasteiger partial charge in [0, 0.05) is 36.2 Å². The lowest BCUT2D eigenvalue weighted by Gasteiger charge is -2.23. The maximum Gasteiger partial charge on any atom is 0.136 e. The predicted molar refractivity (Wildman–Crippen MR) is 91.8 cm³/mol. The standard InChI is InChI=1S/C18H27N3O2/c1-4-9-20(10-11-22)13-17(23)16-7-8-18(19-12-16)21-14(2)5-6-15(21)3/h5-8,12,17,22-23H,4,9-11,13H2,1-3H3. The molecule has 23 heavy (non-hydrogen) atoms. The second-order valence-corrected chi connectivity index (χ2v) is 5.94. The number of pyridine rings is 1. The van der Waals surface area contributed by atoms with E-state index in [2.05, 4.69) is 47.4 Å². The molecule has 0 amide bonds. The Bertz CT molecular complexity index is 582. The molecule has 0 aliphatic rings. The molecule has 0 aromatic carbocycles. The molecule has 2 heterocycles. The summed E-state index contributed by atoms with van der Waals surface area (Å²) >= 11 is 0. The van der Waals surface area contributed by atoms with Crippen molar-refractivity contribution >= 4 is 0 Å². The predicted octanol–water partition coefficient (Wildman–Crippen LogP) is 2.23. The van der Waals surface area contributed by atoms with Gasteiger partial charge in [0.2, 0.25) is 0 Å². The molecule has 2 aromatic rings. The van der Waals surface area contributed by atoms with Crippen LogP contribution in [0.1, 0.15) is 36.4 Å². The summed E-state index contributed by atoms with van der Waals surface area (Å²) < 4.78 is 2.09. The first-order valence-electron chi connectivity index (χ1n) is 8.19. The molecule has 0 saturated carbocycles. The van der Waals surface area contributed by atoms with Crippen LogP contribution in [-0.2, 0) is 0 Å². The number of nitrogens with zero attached hydrogens (tertiary/aromatic N) is 3. The van der Waals surface area contributed by atoms with E-state index in [0.29, 0.717) is 13.1 Å². The van der Waals surface area contributed by atoms with E-state index in [1.165, 1.54) is 0 Å². The van der Waals surface area contributed by atoms with Crippen LogP contribution in [0.15, 0.2) is 30.5 Å². The van der Waals surface area contributed by atoms with Crippen LogP contribution in [-0.4, -0.2) is 50.9 Å². The van der Waals surface area contributed by atoms with E-state index in [4.69, 9.17) is 5.11 Å². The minimum Gasteiger partial charge on any atom is -0.395 e. The highest BCUT2D eigenvalue weighted by molar-refractivity contribution is 5.33. The molecule has 5 nitrogen and oxygen atoms in total. The van der Waals surface area contributed by atoms with E-state index in [1.54, 1.807) is 6.20 Å². The van der Waals surface area contributed by atoms with Crippen molar-refractivity contribution in [2.45, 2.75) is 33.3 Å². The van der Waals surface area contributed by atoms with Crippen molar-refractivity contribution in [3.8, 4) is 5.82 Å². The number of aliphatic hydroxyl groups is 2. The van der Waals surface area contributed by atoms with E-state index < -0.39 is 6.10 Å². The highest BCUT2D eigenvalue weighted by Gasteiger charge is 2.14. The maximum absolute atomic E-state index is 10.4. The van der Waals surface area contributed by atoms with Crippen molar-refractivity contribution in [1.82, 2.24) is 14.5 Å². The second kappa shape index (κ2) is 8.24. The maximum atomic E-state index is 10.4. The number of aliphatic hydroxyl groups excluding tert-OH is 2. The molecule has 0 spiro atoms. The van der Waals surface area contributed by atoms with Gasteiger partial charge < -0.3 is 14.8 Å². The molecule has 2 N–H and O–H groups in total. The third-order valence-corrected chi connectivity index (χ3v) is 4.04. The molecular weight excluding hydrogens is 290 g/mol. The molecule has 0 aliphatic heterocycles. The molecule has 0 saturated heterocycles. The van der Waals surface area contributed by atoms with Crippen molar-refractivity contribution in [2.75, 3.05) is 26.2 Å². The minimum atomic E-state index is -0.596. The first-order valence-corrected chi connectivity index (χ1v) is 8.19. The minimum absolute atomic E-state index is 0.107. The van der Waals surface area contributed by atoms with Gasteiger partial charge in [-0.3, -0.25) is 4.90 Å². The van der Waals surface area contributed by atoms with Crippen LogP contribution in [0.25, 0.3) is 5.82 Å². The van der Waals surface area contributed by atoms with Crippen LogP contribution in [0.4, 0.5) is 0 Å². The van der Waals surface area contributed by atoms with Crippen LogP contribution >= 0.6 is 0 Å². The van der Waals surface area contributed by atoms with E-state index in [9.17, 15) is 5.11 Å². The molecule has 1 unspecified atom stereocenters. The topological polar surface area (TPSA) is 61.5 Å². The lowest BCUT2D eigenvalue weighted by atomic mass is 10.1. The van der Waals surface area contributed by atoms with Gasteiger partial charge in [-0.25, -0.2) is 4.98 Å². The smallest absolute Gasteiger partial charge is 0.136 e. The third-order valence-electron chi connectivity index (χ3n) is 4.04. The summed E-state index contributed by atoms with van der Waals surface area (Å²) in [5, 5.41) is 19.5. The van der Waals surface area contributed by atoms with Gasteiger partial charge in [0.25, 0.3) is 0 Å². The van der Waals surface area contributed by atoms with Crippen LogP contribution in [0, 0.1) is 13.8 Å². The number of hydrogen-bond donors (Lipinski definition) is 2. The molecule has 2 aromatic heterocycles. The quantitative estimate of drug-likeness (QED) is 0.784. The number of aromatic nitrogens is 2. The lowest BCUT2D eigenvalue weighted by molar-refractivity contribution is 0.0996. The average molecular weight is 317 g/mol. The van der Waals surface area contributed by atoms with Gasteiger partial charge >= 0.3 is 0 Å². The van der Waals surface area contributed by atoms with Crippen molar-refractivity contribution in [1.29, 1.82) is 0 Å². The van der Waals surface area contributed by atoms with Gasteiger partial charge in [-0.15, -0.1) is 0 Å². The fraction of sp³-hybridized carbons (Fsp3) is 0.500. The Morgan fingerprint density at radius 1 is 1.13 bits per heavy atom. The third kappa shape index (κ3) is 4.41. The fourth-order valence-electron chi connectivity index (χ4n) is 2.86. The molecule has 0 radical (unpaired) electrons. The van der Waals surface area contributed by atoms with E-state index in [0.717, 1.165) is 35.7 Å². The summed E-state index contributed by atoms with van der Waals surface area (Å²) in [4.78, 5) is 6.57. The summed E-state index contributed by atoms with van der Waals surface area (Å²) in [5.41, 5.74) is 3.08. The van der Waals surface area contributed by atoms with Crippen LogP contribution in [0.2, 0.25) is 0 Å². The van der Waals surface area contributed by atoms with Crippen molar-refractivity contribution < 1.29 is 10.2 Å². The van der Waals surface area contributed by atoms with Crippen LogP contribution < -0.4 is 0 Å². The van der Waals surface area contributed by atoms with E-state index in [-0.39, 0.29) is 6.61 Å². The molecule has 0 bridgehead atoms. The van der Waals surface area contributed by atoms with Gasteiger partial charge in [-0.05, 0) is 45.0 Å². The van der Waals surface area contributed by atoms with E-state index >= 15 is 0 Å². The van der Waals surface area contributed by atoms with Gasteiger partial charge in [0.05, 0.1) is 12.7 Å². The highest BCUT2D eigenvalue weighted by Crippen LogP contribution is 2.18. The van der Waals surface area contributed by atoms with E-state index in [1.807, 2.05) is 12.1 Å². The number of hydrogen-bond acceptors (Lipinski definition) is 4. The summed E-state index contributed by atoms with van der Waals surface area (Å²) in [6.45, 7) is 8.26. The van der Waals surface area contributed by atoms with Crippen LogP contribution in [0.5, 0.6) is 0 Å². The molecule has 0 aliphatic carbocycles. The Hall–Kier alpha value is -1.69. The summed E-state index contributed by atoms with van der Waals surface area (Å²) in [6.07, 6.45) is 2.14. The Balaban J connectivity index is 2.09. The molecule has 5 heteroatoms. The summed E-state index contributed by atoms with van der Waals surface area (Å²) in [7, 11) is 0. The largest absolute Gasteiger partial charge is 0.395 e. The Kier molecular flexibility index (Phi) is 6.33. The monoisotopic (exact) mass is 317 g/mol. The normalized spacial score (nSPS) is 12.8. The zero-order valence-corrected chi connectivity index (χ0v) is 14.2. The van der Waals surface area contributed by atoms with Crippen molar-refractivity contribution in [3.63, 3.8) is 0 Å². The first-order chi connectivity index (χ1) is 11.1. The van der Waals surface area contributed by atoms with Gasteiger partial charge in [-0.2, -0.15) is 0 Å².